The van der Waals surface area contributed by atoms with Gasteiger partial charge in [-0.1, -0.05) is 6.07 Å². The Bertz CT molecular complexity index is 1080. The smallest absolute Gasteiger partial charge is 0.410 e. The van der Waals surface area contributed by atoms with Crippen LogP contribution in [-0.2, 0) is 33.8 Å². The van der Waals surface area contributed by atoms with E-state index in [-0.39, 0.29) is 62.0 Å². The molecule has 0 unspecified atom stereocenters. The molecule has 10 nitrogen and oxygen atoms in total. The predicted octanol–water partition coefficient (Wildman–Crippen LogP) is 1.11. The number of esters is 1. The van der Waals surface area contributed by atoms with Gasteiger partial charge in [-0.3, -0.25) is 14.5 Å². The first-order valence-corrected chi connectivity index (χ1v) is 11.1. The highest BCUT2D eigenvalue weighted by molar-refractivity contribution is 7.09. The van der Waals surface area contributed by atoms with Gasteiger partial charge < -0.3 is 23.7 Å². The molecule has 4 heterocycles. The Labute approximate surface area is 187 Å². The summed E-state index contributed by atoms with van der Waals surface area (Å²) in [4.78, 5) is 53.7. The molecule has 4 rings (SSSR count). The third kappa shape index (κ3) is 4.47. The van der Waals surface area contributed by atoms with Gasteiger partial charge in [-0.25, -0.2) is 9.59 Å². The van der Waals surface area contributed by atoms with Gasteiger partial charge in [0.25, 0.3) is 5.56 Å². The summed E-state index contributed by atoms with van der Waals surface area (Å²) < 4.78 is 17.1. The summed E-state index contributed by atoms with van der Waals surface area (Å²) in [5.74, 6) is -0.672. The number of carbonyl (C=O) groups is 3. The molecule has 170 valence electrons. The fourth-order valence-electron chi connectivity index (χ4n) is 3.81. The number of ether oxygens (including phenoxy) is 3. The molecule has 0 N–H and O–H groups in total. The van der Waals surface area contributed by atoms with Gasteiger partial charge in [0.2, 0.25) is 5.91 Å². The third-order valence-corrected chi connectivity index (χ3v) is 6.31. The molecule has 0 radical (unpaired) electrons. The second-order valence-electron chi connectivity index (χ2n) is 7.35. The van der Waals surface area contributed by atoms with E-state index in [1.807, 2.05) is 17.5 Å². The van der Waals surface area contributed by atoms with Crippen molar-refractivity contribution >= 4 is 29.3 Å². The fraction of sp³-hybridized carbons (Fsp3) is 0.429. The Morgan fingerprint density at radius 2 is 2.03 bits per heavy atom. The summed E-state index contributed by atoms with van der Waals surface area (Å²) in [7, 11) is 1.27. The van der Waals surface area contributed by atoms with Gasteiger partial charge >= 0.3 is 12.1 Å². The maximum atomic E-state index is 12.8. The van der Waals surface area contributed by atoms with Crippen LogP contribution in [0.25, 0.3) is 0 Å². The van der Waals surface area contributed by atoms with E-state index < -0.39 is 12.1 Å². The van der Waals surface area contributed by atoms with Crippen LogP contribution in [-0.4, -0.2) is 72.2 Å². The molecule has 0 saturated carbocycles. The van der Waals surface area contributed by atoms with Crippen LogP contribution in [0, 0.1) is 0 Å². The average Bonchev–Trinajstić information content (AvgIpc) is 3.38. The molecule has 11 heteroatoms. The maximum Gasteiger partial charge on any atom is 0.410 e. The van der Waals surface area contributed by atoms with E-state index in [2.05, 4.69) is 0 Å². The Kier molecular flexibility index (Phi) is 6.45. The van der Waals surface area contributed by atoms with E-state index in [9.17, 15) is 19.2 Å². The highest BCUT2D eigenvalue weighted by Gasteiger charge is 2.30. The number of methoxy groups -OCH3 is 1. The quantitative estimate of drug-likeness (QED) is 0.593. The zero-order valence-corrected chi connectivity index (χ0v) is 18.4. The Morgan fingerprint density at radius 1 is 1.19 bits per heavy atom. The number of nitrogens with zero attached hydrogens (tertiary/aromatic N) is 3. The molecule has 0 bridgehead atoms. The van der Waals surface area contributed by atoms with Crippen molar-refractivity contribution in [3.05, 3.63) is 50.1 Å². The van der Waals surface area contributed by atoms with Gasteiger partial charge in [0, 0.05) is 42.7 Å². The Hall–Kier alpha value is -3.34. The van der Waals surface area contributed by atoms with E-state index in [1.54, 1.807) is 4.90 Å². The molecule has 0 spiro atoms. The van der Waals surface area contributed by atoms with Crippen molar-refractivity contribution in [3.8, 4) is 5.75 Å². The van der Waals surface area contributed by atoms with Crippen molar-refractivity contribution in [3.63, 3.8) is 0 Å². The summed E-state index contributed by atoms with van der Waals surface area (Å²) in [6, 6.07) is 5.09. The lowest BCUT2D eigenvalue weighted by Crippen LogP contribution is -2.42. The number of cyclic esters (lactones) is 1. The monoisotopic (exact) mass is 461 g/mol. The van der Waals surface area contributed by atoms with Crippen LogP contribution < -0.4 is 10.3 Å². The van der Waals surface area contributed by atoms with Gasteiger partial charge in [-0.2, -0.15) is 0 Å². The van der Waals surface area contributed by atoms with Crippen LogP contribution in [0.1, 0.15) is 20.9 Å². The van der Waals surface area contributed by atoms with Crippen molar-refractivity contribution in [1.82, 2.24) is 14.4 Å². The topological polar surface area (TPSA) is 107 Å². The van der Waals surface area contributed by atoms with Gasteiger partial charge in [-0.05, 0) is 11.4 Å². The second kappa shape index (κ2) is 9.43. The lowest BCUT2D eigenvalue weighted by atomic mass is 10.1. The van der Waals surface area contributed by atoms with E-state index in [0.29, 0.717) is 18.8 Å². The molecular formula is C21H23N3O7S. The Morgan fingerprint density at radius 3 is 2.72 bits per heavy atom. The van der Waals surface area contributed by atoms with Crippen molar-refractivity contribution < 1.29 is 28.6 Å². The number of aromatic nitrogens is 1. The first-order valence-electron chi connectivity index (χ1n) is 10.2. The number of thiophene rings is 1. The van der Waals surface area contributed by atoms with Crippen LogP contribution in [0.15, 0.2) is 28.4 Å². The highest BCUT2D eigenvalue weighted by atomic mass is 32.1. The number of hydrogen-bond donors (Lipinski definition) is 0. The van der Waals surface area contributed by atoms with Gasteiger partial charge in [0.05, 0.1) is 13.7 Å². The molecule has 2 aromatic heterocycles. The molecule has 2 aliphatic rings. The summed E-state index contributed by atoms with van der Waals surface area (Å²) in [6.07, 6.45) is -0.236. The Balaban J connectivity index is 1.57. The van der Waals surface area contributed by atoms with Gasteiger partial charge in [-0.15, -0.1) is 11.3 Å². The number of rotatable bonds is 6. The molecule has 32 heavy (non-hydrogen) atoms. The summed E-state index contributed by atoms with van der Waals surface area (Å²) in [5.41, 5.74) is 0.355. The van der Waals surface area contributed by atoms with Crippen LogP contribution in [0.5, 0.6) is 5.75 Å². The molecule has 2 aromatic rings. The molecule has 0 aromatic carbocycles. The zero-order chi connectivity index (χ0) is 22.7. The molecule has 2 aliphatic heterocycles. The highest BCUT2D eigenvalue weighted by Crippen LogP contribution is 2.25. The minimum absolute atomic E-state index is 0.0802. The van der Waals surface area contributed by atoms with Crippen molar-refractivity contribution in [2.45, 2.75) is 19.6 Å². The van der Waals surface area contributed by atoms with E-state index in [1.165, 1.54) is 34.0 Å². The van der Waals surface area contributed by atoms with Gasteiger partial charge in [0.1, 0.15) is 31.1 Å². The SMILES string of the molecule is COC(=O)c1c(OCc2cccs2)cc(=O)n2c1CCN(C(=O)CN1CCOC1=O)CC2. The lowest BCUT2D eigenvalue weighted by molar-refractivity contribution is -0.131. The van der Waals surface area contributed by atoms with Crippen LogP contribution >= 0.6 is 11.3 Å². The minimum atomic E-state index is -0.602. The zero-order valence-electron chi connectivity index (χ0n) is 17.6. The minimum Gasteiger partial charge on any atom is -0.487 e. The van der Waals surface area contributed by atoms with Crippen molar-refractivity contribution in [1.29, 1.82) is 0 Å². The number of amides is 2. The number of hydrogen-bond acceptors (Lipinski definition) is 8. The van der Waals surface area contributed by atoms with Crippen molar-refractivity contribution in [2.75, 3.05) is 39.9 Å². The first-order chi connectivity index (χ1) is 15.5. The van der Waals surface area contributed by atoms with E-state index >= 15 is 0 Å². The van der Waals surface area contributed by atoms with Crippen molar-refractivity contribution in [2.24, 2.45) is 0 Å². The normalized spacial score (nSPS) is 15.7. The molecule has 1 saturated heterocycles. The molecular weight excluding hydrogens is 438 g/mol. The lowest BCUT2D eigenvalue weighted by Gasteiger charge is -2.22. The molecule has 0 atom stereocenters. The molecule has 2 amide bonds. The second-order valence-corrected chi connectivity index (χ2v) is 8.38. The molecule has 1 fully saturated rings. The van der Waals surface area contributed by atoms with Gasteiger partial charge in [0.15, 0.2) is 0 Å². The standard InChI is InChI=1S/C21H23N3O7S/c1-29-20(27)19-15-4-5-22(18(26)12-23-8-9-30-21(23)28)6-7-24(15)17(25)11-16(19)31-13-14-3-2-10-32-14/h2-3,10-11H,4-9,12-13H2,1H3. The average molecular weight is 461 g/mol. The largest absolute Gasteiger partial charge is 0.487 e. The number of carbonyl (C=O) groups excluding carboxylic acids is 3. The summed E-state index contributed by atoms with van der Waals surface area (Å²) >= 11 is 1.51. The van der Waals surface area contributed by atoms with Crippen LogP contribution in [0.4, 0.5) is 4.79 Å². The third-order valence-electron chi connectivity index (χ3n) is 5.46. The van der Waals surface area contributed by atoms with Crippen LogP contribution in [0.2, 0.25) is 0 Å². The van der Waals surface area contributed by atoms with E-state index in [4.69, 9.17) is 14.2 Å². The van der Waals surface area contributed by atoms with Crippen LogP contribution in [0.3, 0.4) is 0 Å². The number of fused-ring (bicyclic) bond motifs is 1. The predicted molar refractivity (Wildman–Crippen MR) is 114 cm³/mol. The fourth-order valence-corrected chi connectivity index (χ4v) is 4.43. The summed E-state index contributed by atoms with van der Waals surface area (Å²) in [6.45, 7) is 1.58. The van der Waals surface area contributed by atoms with E-state index in [0.717, 1.165) is 4.88 Å². The summed E-state index contributed by atoms with van der Waals surface area (Å²) in [5, 5.41) is 1.92. The number of pyridine rings is 1. The first kappa shape index (κ1) is 21.9. The maximum absolute atomic E-state index is 12.8. The molecule has 0 aliphatic carbocycles.